The molecule has 3 aromatic rings. The number of anilines is 1. The second-order valence-corrected chi connectivity index (χ2v) is 9.50. The van der Waals surface area contributed by atoms with Gasteiger partial charge in [0.2, 0.25) is 0 Å². The molecule has 0 amide bonds. The Kier molecular flexibility index (Phi) is 5.52. The van der Waals surface area contributed by atoms with Crippen molar-refractivity contribution < 1.29 is 4.79 Å². The van der Waals surface area contributed by atoms with E-state index in [9.17, 15) is 4.79 Å². The van der Waals surface area contributed by atoms with E-state index < -0.39 is 0 Å². The summed E-state index contributed by atoms with van der Waals surface area (Å²) in [4.78, 5) is 26.1. The first-order valence-corrected chi connectivity index (χ1v) is 11.9. The van der Waals surface area contributed by atoms with Crippen LogP contribution >= 0.6 is 11.3 Å². The van der Waals surface area contributed by atoms with Crippen LogP contribution in [0.5, 0.6) is 0 Å². The third-order valence-corrected chi connectivity index (χ3v) is 7.55. The number of piperidine rings is 2. The lowest BCUT2D eigenvalue weighted by atomic mass is 10.0. The fraction of sp³-hybridized carbons (Fsp3) is 0.458. The maximum absolute atomic E-state index is 11.5. The van der Waals surface area contributed by atoms with Gasteiger partial charge in [0.05, 0.1) is 4.70 Å². The zero-order valence-corrected chi connectivity index (χ0v) is 18.3. The Morgan fingerprint density at radius 2 is 1.73 bits per heavy atom. The number of rotatable bonds is 4. The van der Waals surface area contributed by atoms with Crippen molar-refractivity contribution in [3.05, 3.63) is 42.1 Å². The largest absolute Gasteiger partial charge is 0.348 e. The summed E-state index contributed by atoms with van der Waals surface area (Å²) in [6, 6.07) is 10.7. The molecule has 1 aromatic carbocycles. The molecule has 0 N–H and O–H groups in total. The number of likely N-dealkylation sites (tertiary alicyclic amines) is 1. The van der Waals surface area contributed by atoms with Crippen LogP contribution in [-0.4, -0.2) is 52.9 Å². The van der Waals surface area contributed by atoms with Gasteiger partial charge in [0.15, 0.2) is 16.6 Å². The van der Waals surface area contributed by atoms with E-state index in [-0.39, 0.29) is 5.78 Å². The highest BCUT2D eigenvalue weighted by Gasteiger charge is 2.27. The molecule has 0 bridgehead atoms. The van der Waals surface area contributed by atoms with Crippen molar-refractivity contribution in [3.63, 3.8) is 0 Å². The molecule has 4 heterocycles. The maximum atomic E-state index is 11.5. The molecular formula is C24H28N4OS. The fourth-order valence-electron chi connectivity index (χ4n) is 4.70. The summed E-state index contributed by atoms with van der Waals surface area (Å²) in [6.45, 7) is 6.33. The number of aromatic nitrogens is 2. The molecular weight excluding hydrogens is 392 g/mol. The van der Waals surface area contributed by atoms with E-state index in [0.717, 1.165) is 51.3 Å². The highest BCUT2D eigenvalue weighted by atomic mass is 32.1. The summed E-state index contributed by atoms with van der Waals surface area (Å²) in [5.41, 5.74) is 3.71. The molecule has 0 radical (unpaired) electrons. The molecule has 0 saturated carbocycles. The third kappa shape index (κ3) is 3.98. The molecule has 2 fully saturated rings. The van der Waals surface area contributed by atoms with Gasteiger partial charge in [0.25, 0.3) is 0 Å². The van der Waals surface area contributed by atoms with Gasteiger partial charge in [0.1, 0.15) is 0 Å². The Balaban J connectivity index is 1.30. The fourth-order valence-corrected chi connectivity index (χ4v) is 5.72. The molecule has 5 nitrogen and oxygen atoms in total. The molecule has 0 aliphatic carbocycles. The van der Waals surface area contributed by atoms with Crippen LogP contribution in [0.3, 0.4) is 0 Å². The van der Waals surface area contributed by atoms with Crippen LogP contribution < -0.4 is 4.90 Å². The average Bonchev–Trinajstić information content (AvgIpc) is 3.23. The van der Waals surface area contributed by atoms with E-state index in [0.29, 0.717) is 0 Å². The molecule has 30 heavy (non-hydrogen) atoms. The number of pyridine rings is 1. The first kappa shape index (κ1) is 19.6. The van der Waals surface area contributed by atoms with Crippen LogP contribution in [-0.2, 0) is 0 Å². The SMILES string of the molecule is CC(=O)c1ccc(-c2cnc3nc(N4CCC(N5CCCCC5)CC4)sc3c2)cc1. The van der Waals surface area contributed by atoms with Crippen molar-refractivity contribution in [2.24, 2.45) is 0 Å². The van der Waals surface area contributed by atoms with Gasteiger partial charge >= 0.3 is 0 Å². The van der Waals surface area contributed by atoms with Gasteiger partial charge in [0, 0.05) is 36.5 Å². The van der Waals surface area contributed by atoms with Crippen molar-refractivity contribution in [1.29, 1.82) is 0 Å². The lowest BCUT2D eigenvalue weighted by molar-refractivity contribution is 0.101. The van der Waals surface area contributed by atoms with Crippen LogP contribution in [0.2, 0.25) is 0 Å². The van der Waals surface area contributed by atoms with Gasteiger partial charge in [-0.25, -0.2) is 4.98 Å². The first-order valence-electron chi connectivity index (χ1n) is 11.0. The lowest BCUT2D eigenvalue weighted by Crippen LogP contribution is -2.46. The van der Waals surface area contributed by atoms with E-state index in [4.69, 9.17) is 4.98 Å². The van der Waals surface area contributed by atoms with Crippen LogP contribution in [0.4, 0.5) is 5.13 Å². The summed E-state index contributed by atoms with van der Waals surface area (Å²) >= 11 is 1.74. The van der Waals surface area contributed by atoms with Crippen molar-refractivity contribution in [2.75, 3.05) is 31.1 Å². The molecule has 156 valence electrons. The van der Waals surface area contributed by atoms with Gasteiger partial charge in [-0.1, -0.05) is 42.0 Å². The second kappa shape index (κ2) is 8.44. The predicted molar refractivity (Wildman–Crippen MR) is 124 cm³/mol. The molecule has 0 spiro atoms. The Morgan fingerprint density at radius 1 is 1.00 bits per heavy atom. The standard InChI is InChI=1S/C24H28N4OS/c1-17(29)18-5-7-19(8-6-18)20-15-22-23(25-16-20)26-24(30-22)28-13-9-21(10-14-28)27-11-3-2-4-12-27/h5-8,15-16,21H,2-4,9-14H2,1H3. The number of hydrogen-bond donors (Lipinski definition) is 0. The summed E-state index contributed by atoms with van der Waals surface area (Å²) in [6.07, 6.45) is 8.48. The monoisotopic (exact) mass is 420 g/mol. The smallest absolute Gasteiger partial charge is 0.188 e. The third-order valence-electron chi connectivity index (χ3n) is 6.50. The van der Waals surface area contributed by atoms with Crippen LogP contribution in [0, 0.1) is 0 Å². The van der Waals surface area contributed by atoms with Gasteiger partial charge in [-0.3, -0.25) is 4.79 Å². The molecule has 2 aromatic heterocycles. The predicted octanol–water partition coefficient (Wildman–Crippen LogP) is 5.02. The lowest BCUT2D eigenvalue weighted by Gasteiger charge is -2.40. The topological polar surface area (TPSA) is 49.3 Å². The Bertz CT molecular complexity index is 1030. The zero-order chi connectivity index (χ0) is 20.5. The second-order valence-electron chi connectivity index (χ2n) is 8.49. The normalized spacial score (nSPS) is 18.8. The van der Waals surface area contributed by atoms with Crippen molar-refractivity contribution in [1.82, 2.24) is 14.9 Å². The minimum absolute atomic E-state index is 0.0892. The molecule has 0 unspecified atom stereocenters. The summed E-state index contributed by atoms with van der Waals surface area (Å²) in [5.74, 6) is 0.0892. The number of nitrogens with zero attached hydrogens (tertiary/aromatic N) is 4. The Morgan fingerprint density at radius 3 is 2.43 bits per heavy atom. The van der Waals surface area contributed by atoms with Crippen LogP contribution in [0.1, 0.15) is 49.4 Å². The van der Waals surface area contributed by atoms with Gasteiger partial charge in [-0.2, -0.15) is 4.98 Å². The highest BCUT2D eigenvalue weighted by molar-refractivity contribution is 7.22. The molecule has 2 aliphatic heterocycles. The summed E-state index contributed by atoms with van der Waals surface area (Å²) < 4.78 is 1.12. The number of benzene rings is 1. The van der Waals surface area contributed by atoms with Crippen LogP contribution in [0.25, 0.3) is 21.5 Å². The number of carbonyl (C=O) groups is 1. The van der Waals surface area contributed by atoms with E-state index in [1.807, 2.05) is 30.5 Å². The molecule has 2 aliphatic rings. The molecule has 2 saturated heterocycles. The number of thiazole rings is 1. The number of hydrogen-bond acceptors (Lipinski definition) is 6. The van der Waals surface area contributed by atoms with Gasteiger partial charge in [-0.15, -0.1) is 0 Å². The van der Waals surface area contributed by atoms with Crippen molar-refractivity contribution >= 4 is 32.6 Å². The number of carbonyl (C=O) groups excluding carboxylic acids is 1. The zero-order valence-electron chi connectivity index (χ0n) is 17.5. The van der Waals surface area contributed by atoms with Gasteiger partial charge < -0.3 is 9.80 Å². The quantitative estimate of drug-likeness (QED) is 0.555. The van der Waals surface area contributed by atoms with E-state index in [2.05, 4.69) is 20.9 Å². The van der Waals surface area contributed by atoms with Crippen molar-refractivity contribution in [2.45, 2.75) is 45.1 Å². The maximum Gasteiger partial charge on any atom is 0.188 e. The van der Waals surface area contributed by atoms with E-state index in [1.54, 1.807) is 18.3 Å². The number of ketones is 1. The number of fused-ring (bicyclic) bond motifs is 1. The van der Waals surface area contributed by atoms with Crippen molar-refractivity contribution in [3.8, 4) is 11.1 Å². The van der Waals surface area contributed by atoms with Gasteiger partial charge in [-0.05, 0) is 57.3 Å². The average molecular weight is 421 g/mol. The molecule has 0 atom stereocenters. The first-order chi connectivity index (χ1) is 14.7. The summed E-state index contributed by atoms with van der Waals surface area (Å²) in [5, 5.41) is 1.10. The minimum Gasteiger partial charge on any atom is -0.348 e. The van der Waals surface area contributed by atoms with E-state index >= 15 is 0 Å². The summed E-state index contributed by atoms with van der Waals surface area (Å²) in [7, 11) is 0. The van der Waals surface area contributed by atoms with Crippen LogP contribution in [0.15, 0.2) is 36.5 Å². The Labute approximate surface area is 181 Å². The number of Topliss-reactive ketones (excluding diaryl/α,β-unsaturated/α-hetero) is 1. The molecule has 6 heteroatoms. The highest BCUT2D eigenvalue weighted by Crippen LogP contribution is 2.33. The van der Waals surface area contributed by atoms with E-state index in [1.165, 1.54) is 45.2 Å². The Hall–Kier alpha value is -2.31. The molecule has 5 rings (SSSR count). The minimum atomic E-state index is 0.0892.